The molecule has 0 bridgehead atoms. The second-order valence-electron chi connectivity index (χ2n) is 6.25. The molecule has 0 spiro atoms. The van der Waals surface area contributed by atoms with Crippen LogP contribution < -0.4 is 10.6 Å². The summed E-state index contributed by atoms with van der Waals surface area (Å²) in [7, 11) is 0. The van der Waals surface area contributed by atoms with Crippen molar-refractivity contribution in [2.45, 2.75) is 46.6 Å². The molecule has 0 saturated carbocycles. The van der Waals surface area contributed by atoms with E-state index in [1.54, 1.807) is 0 Å². The number of urea groups is 1. The summed E-state index contributed by atoms with van der Waals surface area (Å²) >= 11 is 0. The minimum atomic E-state index is -1.45. The number of hydrogen-bond donors (Lipinski definition) is 4. The lowest BCUT2D eigenvalue weighted by Gasteiger charge is -2.29. The van der Waals surface area contributed by atoms with E-state index in [0.29, 0.717) is 12.5 Å². The molecular formula is C13H26N2O4. The van der Waals surface area contributed by atoms with Gasteiger partial charge in [0.15, 0.2) is 0 Å². The third-order valence-electron chi connectivity index (χ3n) is 3.43. The van der Waals surface area contributed by atoms with Crippen LogP contribution in [0.15, 0.2) is 0 Å². The van der Waals surface area contributed by atoms with Gasteiger partial charge in [0.2, 0.25) is 0 Å². The van der Waals surface area contributed by atoms with Gasteiger partial charge in [-0.2, -0.15) is 0 Å². The lowest BCUT2D eigenvalue weighted by atomic mass is 9.81. The third kappa shape index (κ3) is 7.66. The molecular weight excluding hydrogens is 248 g/mol. The van der Waals surface area contributed by atoms with Crippen molar-refractivity contribution in [2.24, 2.45) is 11.3 Å². The molecule has 1 atom stereocenters. The van der Waals surface area contributed by atoms with Crippen molar-refractivity contribution < 1.29 is 19.8 Å². The Morgan fingerprint density at radius 2 is 1.58 bits per heavy atom. The summed E-state index contributed by atoms with van der Waals surface area (Å²) in [5, 5.41) is 23.5. The van der Waals surface area contributed by atoms with Gasteiger partial charge < -0.3 is 20.8 Å². The smallest absolute Gasteiger partial charge is 0.314 e. The molecule has 0 aliphatic heterocycles. The Balaban J connectivity index is 4.10. The Kier molecular flexibility index (Phi) is 6.29. The number of aliphatic carboxylic acids is 1. The van der Waals surface area contributed by atoms with Gasteiger partial charge in [-0.25, -0.2) is 4.79 Å². The van der Waals surface area contributed by atoms with Crippen LogP contribution in [0.3, 0.4) is 0 Å². The van der Waals surface area contributed by atoms with E-state index in [2.05, 4.69) is 38.3 Å². The number of amides is 2. The van der Waals surface area contributed by atoms with Gasteiger partial charge in [0, 0.05) is 13.1 Å². The number of hydrogen-bond acceptors (Lipinski definition) is 3. The summed E-state index contributed by atoms with van der Waals surface area (Å²) < 4.78 is 0. The van der Waals surface area contributed by atoms with E-state index in [1.807, 2.05) is 0 Å². The average Bonchev–Trinajstić information content (AvgIpc) is 2.21. The summed E-state index contributed by atoms with van der Waals surface area (Å²) in [4.78, 5) is 22.1. The van der Waals surface area contributed by atoms with Crippen LogP contribution in [0.4, 0.5) is 4.79 Å². The molecule has 0 heterocycles. The van der Waals surface area contributed by atoms with Crippen molar-refractivity contribution in [3.8, 4) is 0 Å². The minimum absolute atomic E-state index is 0.0269. The van der Waals surface area contributed by atoms with Crippen molar-refractivity contribution in [3.05, 3.63) is 0 Å². The SMILES string of the molecule is CC(C)C(C)(C)CNC(=O)NCC(C)(O)CC(=O)O. The molecule has 1 unspecified atom stereocenters. The highest BCUT2D eigenvalue weighted by Crippen LogP contribution is 2.24. The second kappa shape index (κ2) is 6.75. The first kappa shape index (κ1) is 17.7. The first-order chi connectivity index (χ1) is 8.46. The molecule has 0 aromatic rings. The fourth-order valence-corrected chi connectivity index (χ4v) is 1.23. The van der Waals surface area contributed by atoms with Gasteiger partial charge in [-0.05, 0) is 18.3 Å². The predicted molar refractivity (Wildman–Crippen MR) is 72.9 cm³/mol. The standard InChI is InChI=1S/C13H26N2O4/c1-9(2)12(3,4)7-14-11(18)15-8-13(5,19)6-10(16)17/h9,19H,6-8H2,1-5H3,(H,16,17)(H2,14,15,18). The quantitative estimate of drug-likeness (QED) is 0.560. The largest absolute Gasteiger partial charge is 0.481 e. The zero-order valence-electron chi connectivity index (χ0n) is 12.4. The van der Waals surface area contributed by atoms with Crippen molar-refractivity contribution >= 4 is 12.0 Å². The van der Waals surface area contributed by atoms with Gasteiger partial charge in [-0.1, -0.05) is 27.7 Å². The van der Waals surface area contributed by atoms with Crippen molar-refractivity contribution in [3.63, 3.8) is 0 Å². The highest BCUT2D eigenvalue weighted by atomic mass is 16.4. The summed E-state index contributed by atoms with van der Waals surface area (Å²) in [6.07, 6.45) is -0.412. The summed E-state index contributed by atoms with van der Waals surface area (Å²) in [5.74, 6) is -0.684. The summed E-state index contributed by atoms with van der Waals surface area (Å²) in [5.41, 5.74) is -1.47. The van der Waals surface area contributed by atoms with Crippen LogP contribution in [0.25, 0.3) is 0 Å². The van der Waals surface area contributed by atoms with Gasteiger partial charge in [-0.15, -0.1) is 0 Å². The molecule has 0 radical (unpaired) electrons. The Morgan fingerprint density at radius 3 is 2.00 bits per heavy atom. The van der Waals surface area contributed by atoms with E-state index in [-0.39, 0.29) is 12.0 Å². The van der Waals surface area contributed by atoms with Gasteiger partial charge >= 0.3 is 12.0 Å². The highest BCUT2D eigenvalue weighted by molar-refractivity contribution is 5.74. The van der Waals surface area contributed by atoms with E-state index >= 15 is 0 Å². The Morgan fingerprint density at radius 1 is 1.11 bits per heavy atom. The fourth-order valence-electron chi connectivity index (χ4n) is 1.23. The minimum Gasteiger partial charge on any atom is -0.481 e. The van der Waals surface area contributed by atoms with E-state index < -0.39 is 24.0 Å². The van der Waals surface area contributed by atoms with Crippen molar-refractivity contribution in [1.82, 2.24) is 10.6 Å². The zero-order chi connectivity index (χ0) is 15.3. The number of aliphatic hydroxyl groups is 1. The third-order valence-corrected chi connectivity index (χ3v) is 3.43. The van der Waals surface area contributed by atoms with Gasteiger partial charge in [0.25, 0.3) is 0 Å². The number of carbonyl (C=O) groups excluding carboxylic acids is 1. The van der Waals surface area contributed by atoms with Crippen molar-refractivity contribution in [2.75, 3.05) is 13.1 Å². The maximum absolute atomic E-state index is 11.6. The van der Waals surface area contributed by atoms with Crippen LogP contribution in [-0.2, 0) is 4.79 Å². The molecule has 112 valence electrons. The molecule has 6 nitrogen and oxygen atoms in total. The molecule has 0 fully saturated rings. The molecule has 0 aromatic heterocycles. The number of rotatable bonds is 7. The molecule has 0 aliphatic rings. The van der Waals surface area contributed by atoms with Crippen LogP contribution >= 0.6 is 0 Å². The van der Waals surface area contributed by atoms with Crippen LogP contribution in [0.1, 0.15) is 41.0 Å². The number of nitrogens with one attached hydrogen (secondary N) is 2. The molecule has 19 heavy (non-hydrogen) atoms. The lowest BCUT2D eigenvalue weighted by Crippen LogP contribution is -2.48. The van der Waals surface area contributed by atoms with Gasteiger partial charge in [0.1, 0.15) is 0 Å². The fraction of sp³-hybridized carbons (Fsp3) is 0.846. The number of carboxylic acid groups (broad SMARTS) is 1. The van der Waals surface area contributed by atoms with Gasteiger partial charge in [-0.3, -0.25) is 4.79 Å². The first-order valence-electron chi connectivity index (χ1n) is 6.42. The topological polar surface area (TPSA) is 98.7 Å². The second-order valence-corrected chi connectivity index (χ2v) is 6.25. The van der Waals surface area contributed by atoms with Crippen LogP contribution in [0.2, 0.25) is 0 Å². The molecule has 0 saturated heterocycles. The first-order valence-corrected chi connectivity index (χ1v) is 6.42. The predicted octanol–water partition coefficient (Wildman–Crippen LogP) is 1.19. The molecule has 0 aromatic carbocycles. The van der Waals surface area contributed by atoms with E-state index in [4.69, 9.17) is 5.11 Å². The molecule has 4 N–H and O–H groups in total. The van der Waals surface area contributed by atoms with Gasteiger partial charge in [0.05, 0.1) is 12.0 Å². The zero-order valence-corrected chi connectivity index (χ0v) is 12.4. The lowest BCUT2D eigenvalue weighted by molar-refractivity contribution is -0.141. The summed E-state index contributed by atoms with van der Waals surface area (Å²) in [6.45, 7) is 10.1. The van der Waals surface area contributed by atoms with Crippen LogP contribution in [0.5, 0.6) is 0 Å². The van der Waals surface area contributed by atoms with E-state index in [1.165, 1.54) is 6.92 Å². The average molecular weight is 274 g/mol. The molecule has 0 aliphatic carbocycles. The Bertz CT molecular complexity index is 325. The molecule has 2 amide bonds. The molecule has 6 heteroatoms. The number of carbonyl (C=O) groups is 2. The van der Waals surface area contributed by atoms with Crippen molar-refractivity contribution in [1.29, 1.82) is 0 Å². The normalized spacial score (nSPS) is 14.9. The van der Waals surface area contributed by atoms with Crippen LogP contribution in [0, 0.1) is 11.3 Å². The van der Waals surface area contributed by atoms with Crippen LogP contribution in [-0.4, -0.2) is 40.9 Å². The highest BCUT2D eigenvalue weighted by Gasteiger charge is 2.26. The molecule has 0 rings (SSSR count). The van der Waals surface area contributed by atoms with E-state index in [0.717, 1.165) is 0 Å². The Hall–Kier alpha value is -1.30. The van der Waals surface area contributed by atoms with E-state index in [9.17, 15) is 14.7 Å². The summed E-state index contributed by atoms with van der Waals surface area (Å²) in [6, 6.07) is -0.403. The monoisotopic (exact) mass is 274 g/mol. The maximum atomic E-state index is 11.6. The number of carboxylic acids is 1. The maximum Gasteiger partial charge on any atom is 0.314 e. The Labute approximate surface area is 114 Å².